The summed E-state index contributed by atoms with van der Waals surface area (Å²) in [5, 5.41) is 1.80. The maximum atomic E-state index is 6.01. The van der Waals surface area contributed by atoms with Gasteiger partial charge in [0.2, 0.25) is 0 Å². The van der Waals surface area contributed by atoms with Crippen molar-refractivity contribution in [3.63, 3.8) is 0 Å². The van der Waals surface area contributed by atoms with E-state index >= 15 is 0 Å². The van der Waals surface area contributed by atoms with E-state index in [1.165, 1.54) is 24.3 Å². The number of benzene rings is 2. The van der Waals surface area contributed by atoms with Crippen LogP contribution in [0.2, 0.25) is 30.1 Å². The second-order valence-corrected chi connectivity index (χ2v) is 6.00. The molecule has 1 nitrogen and oxygen atoms in total. The summed E-state index contributed by atoms with van der Waals surface area (Å²) in [5.74, 6) is 0.442. The molecule has 0 spiro atoms. The van der Waals surface area contributed by atoms with Gasteiger partial charge in [-0.15, -0.1) is 12.4 Å². The maximum Gasteiger partial charge on any atom is 0.164 e. The molecule has 0 saturated heterocycles. The van der Waals surface area contributed by atoms with E-state index in [4.69, 9.17) is 74.3 Å². The van der Waals surface area contributed by atoms with E-state index in [0.29, 0.717) is 10.0 Å². The third kappa shape index (κ3) is 4.14. The second kappa shape index (κ2) is 7.51. The molecule has 8 heteroatoms. The quantitative estimate of drug-likeness (QED) is 0.488. The van der Waals surface area contributed by atoms with E-state index in [-0.39, 0.29) is 44.0 Å². The Labute approximate surface area is 152 Å². The van der Waals surface area contributed by atoms with Crippen LogP contribution in [-0.4, -0.2) is 0 Å². The fourth-order valence-electron chi connectivity index (χ4n) is 1.35. The molecule has 0 fully saturated rings. The van der Waals surface area contributed by atoms with Crippen molar-refractivity contribution in [2.24, 2.45) is 0 Å². The minimum Gasteiger partial charge on any atom is -0.451 e. The van der Waals surface area contributed by atoms with Crippen molar-refractivity contribution in [3.05, 3.63) is 54.4 Å². The summed E-state index contributed by atoms with van der Waals surface area (Å²) in [5.41, 5.74) is 0. The number of hydrogen-bond donors (Lipinski definition) is 0. The Kier molecular flexibility index (Phi) is 6.88. The van der Waals surface area contributed by atoms with Gasteiger partial charge >= 0.3 is 0 Å². The molecule has 0 bridgehead atoms. The minimum absolute atomic E-state index is 0. The van der Waals surface area contributed by atoms with Crippen molar-refractivity contribution in [3.8, 4) is 11.5 Å². The summed E-state index contributed by atoms with van der Waals surface area (Å²) >= 11 is 35.7. The summed E-state index contributed by atoms with van der Waals surface area (Å²) in [6, 6.07) is 6.01. The SMILES string of the molecule is Cl.Clc1cc(Cl)c(Oc2c(Cl)cc(Cl)cc2Cl)c(Cl)c1. The van der Waals surface area contributed by atoms with Gasteiger partial charge in [0.25, 0.3) is 0 Å². The molecule has 108 valence electrons. The predicted octanol–water partition coefficient (Wildman–Crippen LogP) is 7.82. The Balaban J connectivity index is 0.00000200. The van der Waals surface area contributed by atoms with E-state index in [1.807, 2.05) is 0 Å². The van der Waals surface area contributed by atoms with Gasteiger partial charge in [-0.2, -0.15) is 0 Å². The third-order valence-electron chi connectivity index (χ3n) is 2.13. The first kappa shape index (κ1) is 18.3. The van der Waals surface area contributed by atoms with Gasteiger partial charge in [-0.3, -0.25) is 0 Å². The topological polar surface area (TPSA) is 9.23 Å². The third-order valence-corrected chi connectivity index (χ3v) is 3.69. The van der Waals surface area contributed by atoms with Crippen LogP contribution >= 0.6 is 82.0 Å². The maximum absolute atomic E-state index is 6.01. The fraction of sp³-hybridized carbons (Fsp3) is 0. The number of rotatable bonds is 2. The van der Waals surface area contributed by atoms with Gasteiger partial charge < -0.3 is 4.74 Å². The van der Waals surface area contributed by atoms with Crippen LogP contribution in [0.1, 0.15) is 0 Å². The molecule has 0 atom stereocenters. The van der Waals surface area contributed by atoms with Gasteiger partial charge in [0, 0.05) is 10.0 Å². The van der Waals surface area contributed by atoms with Crippen LogP contribution in [0, 0.1) is 0 Å². The average molecular weight is 413 g/mol. The lowest BCUT2D eigenvalue weighted by Gasteiger charge is -2.12. The molecule has 2 rings (SSSR count). The van der Waals surface area contributed by atoms with Crippen molar-refractivity contribution in [1.29, 1.82) is 0 Å². The van der Waals surface area contributed by atoms with Crippen molar-refractivity contribution >= 4 is 82.0 Å². The highest BCUT2D eigenvalue weighted by molar-refractivity contribution is 6.41. The van der Waals surface area contributed by atoms with Gasteiger partial charge in [-0.05, 0) is 24.3 Å². The van der Waals surface area contributed by atoms with E-state index in [0.717, 1.165) is 0 Å². The first-order valence-electron chi connectivity index (χ1n) is 4.85. The predicted molar refractivity (Wildman–Crippen MR) is 90.3 cm³/mol. The molecule has 0 heterocycles. The van der Waals surface area contributed by atoms with Crippen molar-refractivity contribution < 1.29 is 4.74 Å². The normalized spacial score (nSPS) is 10.1. The van der Waals surface area contributed by atoms with Gasteiger partial charge in [0.05, 0.1) is 20.1 Å². The first-order valence-corrected chi connectivity index (χ1v) is 7.12. The highest BCUT2D eigenvalue weighted by atomic mass is 35.5. The van der Waals surface area contributed by atoms with Crippen LogP contribution < -0.4 is 4.74 Å². The Hall–Kier alpha value is 0.270. The Morgan fingerprint density at radius 2 is 0.800 bits per heavy atom. The van der Waals surface area contributed by atoms with E-state index in [1.54, 1.807) is 0 Å². The van der Waals surface area contributed by atoms with Gasteiger partial charge in [0.15, 0.2) is 11.5 Å². The summed E-state index contributed by atoms with van der Waals surface area (Å²) in [6.07, 6.45) is 0. The Morgan fingerprint density at radius 1 is 0.550 bits per heavy atom. The molecular formula is C12H5Cl7O. The molecule has 2 aromatic rings. The first-order chi connectivity index (χ1) is 8.88. The molecule has 0 aromatic heterocycles. The molecular weight excluding hydrogens is 408 g/mol. The van der Waals surface area contributed by atoms with E-state index in [2.05, 4.69) is 0 Å². The van der Waals surface area contributed by atoms with Crippen molar-refractivity contribution in [2.45, 2.75) is 0 Å². The highest BCUT2D eigenvalue weighted by Gasteiger charge is 2.15. The standard InChI is InChI=1S/C12H4Cl6O.ClH/c13-5-1-7(15)11(8(16)2-5)19-12-9(17)3-6(14)4-10(12)18;/h1-4H;1H. The highest BCUT2D eigenvalue weighted by Crippen LogP contribution is 2.44. The van der Waals surface area contributed by atoms with E-state index < -0.39 is 0 Å². The molecule has 2 aromatic carbocycles. The van der Waals surface area contributed by atoms with Crippen LogP contribution in [0.3, 0.4) is 0 Å². The molecule has 0 unspecified atom stereocenters. The summed E-state index contributed by atoms with van der Waals surface area (Å²) < 4.78 is 5.57. The van der Waals surface area contributed by atoms with Crippen molar-refractivity contribution in [2.75, 3.05) is 0 Å². The lowest BCUT2D eigenvalue weighted by atomic mass is 10.3. The zero-order valence-electron chi connectivity index (χ0n) is 9.39. The molecule has 0 aliphatic rings. The zero-order valence-corrected chi connectivity index (χ0v) is 14.7. The van der Waals surface area contributed by atoms with Crippen LogP contribution in [0.15, 0.2) is 24.3 Å². The van der Waals surface area contributed by atoms with E-state index in [9.17, 15) is 0 Å². The molecule has 0 saturated carbocycles. The molecule has 0 radical (unpaired) electrons. The zero-order chi connectivity index (χ0) is 14.2. The Morgan fingerprint density at radius 3 is 1.05 bits per heavy atom. The molecule has 0 aliphatic heterocycles. The lowest BCUT2D eigenvalue weighted by Crippen LogP contribution is -1.89. The second-order valence-electron chi connectivity index (χ2n) is 3.50. The molecule has 0 N–H and O–H groups in total. The fourth-order valence-corrected chi connectivity index (χ4v) is 3.14. The van der Waals surface area contributed by atoms with Crippen LogP contribution in [0.4, 0.5) is 0 Å². The number of hydrogen-bond acceptors (Lipinski definition) is 1. The Bertz CT molecular complexity index is 540. The summed E-state index contributed by atoms with van der Waals surface area (Å²) in [4.78, 5) is 0. The number of ether oxygens (including phenoxy) is 1. The average Bonchev–Trinajstić information content (AvgIpc) is 2.25. The number of halogens is 7. The van der Waals surface area contributed by atoms with Crippen LogP contribution in [0.5, 0.6) is 11.5 Å². The largest absolute Gasteiger partial charge is 0.451 e. The molecule has 0 amide bonds. The van der Waals surface area contributed by atoms with Gasteiger partial charge in [-0.1, -0.05) is 69.6 Å². The summed E-state index contributed by atoms with van der Waals surface area (Å²) in [6.45, 7) is 0. The summed E-state index contributed by atoms with van der Waals surface area (Å²) in [7, 11) is 0. The van der Waals surface area contributed by atoms with Gasteiger partial charge in [-0.25, -0.2) is 0 Å². The monoisotopic (exact) mass is 410 g/mol. The smallest absolute Gasteiger partial charge is 0.164 e. The van der Waals surface area contributed by atoms with Gasteiger partial charge in [0.1, 0.15) is 0 Å². The van der Waals surface area contributed by atoms with Crippen molar-refractivity contribution in [1.82, 2.24) is 0 Å². The lowest BCUT2D eigenvalue weighted by molar-refractivity contribution is 0.483. The minimum atomic E-state index is 0. The van der Waals surface area contributed by atoms with Crippen LogP contribution in [-0.2, 0) is 0 Å². The molecule has 0 aliphatic carbocycles. The molecule has 20 heavy (non-hydrogen) atoms. The van der Waals surface area contributed by atoms with Crippen LogP contribution in [0.25, 0.3) is 0 Å².